The molecule has 1 N–H and O–H groups in total. The number of aromatic nitrogens is 2. The topological polar surface area (TPSA) is 92.3 Å². The third-order valence-electron chi connectivity index (χ3n) is 1.56. The molecule has 0 aromatic carbocycles. The van der Waals surface area contributed by atoms with Crippen LogP contribution in [0.25, 0.3) is 0 Å². The molecule has 1 aromatic rings. The number of nitrogens with one attached hydrogen (secondary N) is 1. The molecule has 0 bridgehead atoms. The maximum Gasteiger partial charge on any atom is 0.323 e. The molecule has 0 aliphatic heterocycles. The lowest BCUT2D eigenvalue weighted by atomic mass is 10.6. The van der Waals surface area contributed by atoms with Gasteiger partial charge in [0.25, 0.3) is 0 Å². The first-order valence-electron chi connectivity index (χ1n) is 4.17. The van der Waals surface area contributed by atoms with E-state index in [9.17, 15) is 13.8 Å². The van der Waals surface area contributed by atoms with Crippen LogP contribution in [0.2, 0.25) is 0 Å². The van der Waals surface area contributed by atoms with E-state index in [1.807, 2.05) is 0 Å². The van der Waals surface area contributed by atoms with Crippen molar-refractivity contribution >= 4 is 39.6 Å². The highest BCUT2D eigenvalue weighted by Gasteiger charge is 2.12. The van der Waals surface area contributed by atoms with E-state index < -0.39 is 16.8 Å². The van der Waals surface area contributed by atoms with E-state index in [4.69, 9.17) is 0 Å². The largest absolute Gasteiger partial charge is 0.323 e. The van der Waals surface area contributed by atoms with E-state index in [0.717, 1.165) is 11.3 Å². The highest BCUT2D eigenvalue weighted by molar-refractivity contribution is 7.86. The van der Waals surface area contributed by atoms with E-state index >= 15 is 0 Å². The first-order chi connectivity index (χ1) is 7.54. The van der Waals surface area contributed by atoms with Gasteiger partial charge in [-0.1, -0.05) is 11.3 Å². The number of amides is 2. The Balaban J connectivity index is 2.62. The fraction of sp³-hybridized carbons (Fsp3) is 0.429. The average Bonchev–Trinajstić information content (AvgIpc) is 2.66. The number of carbonyl (C=O) groups is 2. The second kappa shape index (κ2) is 5.66. The standard InChI is InChI=1S/C7H10N4O3S2/c1-11(3-4-12)6(13)8-5-9-10-7(15-5)16(2)14/h4H,3H2,1-2H3,(H,8,9,13). The molecule has 1 unspecified atom stereocenters. The zero-order valence-corrected chi connectivity index (χ0v) is 10.3. The number of carbonyl (C=O) groups excluding carboxylic acids is 2. The second-order valence-electron chi connectivity index (χ2n) is 2.80. The molecule has 0 fully saturated rings. The molecule has 0 aliphatic carbocycles. The van der Waals surface area contributed by atoms with Crippen molar-refractivity contribution in [3.8, 4) is 0 Å². The number of likely N-dealkylation sites (N-methyl/N-ethyl adjacent to an activating group) is 1. The van der Waals surface area contributed by atoms with E-state index in [1.165, 1.54) is 18.2 Å². The van der Waals surface area contributed by atoms with Gasteiger partial charge in [0, 0.05) is 13.3 Å². The molecular formula is C7H10N4O3S2. The molecule has 0 spiro atoms. The summed E-state index contributed by atoms with van der Waals surface area (Å²) < 4.78 is 11.4. The predicted octanol–water partition coefficient (Wildman–Crippen LogP) is -0.0619. The van der Waals surface area contributed by atoms with Crippen LogP contribution >= 0.6 is 11.3 Å². The molecule has 88 valence electrons. The van der Waals surface area contributed by atoms with Gasteiger partial charge in [0.2, 0.25) is 9.47 Å². The number of rotatable bonds is 4. The molecule has 1 atom stereocenters. The lowest BCUT2D eigenvalue weighted by Gasteiger charge is -2.12. The molecule has 1 heterocycles. The van der Waals surface area contributed by atoms with Gasteiger partial charge in [-0.15, -0.1) is 10.2 Å². The summed E-state index contributed by atoms with van der Waals surface area (Å²) in [7, 11) is 0.263. The van der Waals surface area contributed by atoms with Gasteiger partial charge in [0.1, 0.15) is 6.29 Å². The number of hydrogen-bond acceptors (Lipinski definition) is 6. The minimum absolute atomic E-state index is 0.00278. The van der Waals surface area contributed by atoms with Crippen LogP contribution in [0.15, 0.2) is 4.34 Å². The molecule has 2 amide bonds. The SMILES string of the molecule is CN(CC=O)C(=O)Nc1nnc(S(C)=O)s1. The van der Waals surface area contributed by atoms with Crippen LogP contribution in [0.3, 0.4) is 0 Å². The Morgan fingerprint density at radius 1 is 1.62 bits per heavy atom. The van der Waals surface area contributed by atoms with Crippen LogP contribution in [0.1, 0.15) is 0 Å². The van der Waals surface area contributed by atoms with Gasteiger partial charge in [-0.3, -0.25) is 9.53 Å². The molecule has 1 aromatic heterocycles. The minimum atomic E-state index is -1.21. The van der Waals surface area contributed by atoms with E-state index in [2.05, 4.69) is 15.5 Å². The summed E-state index contributed by atoms with van der Waals surface area (Å²) in [5, 5.41) is 9.99. The third-order valence-corrected chi connectivity index (χ3v) is 3.72. The normalized spacial score (nSPS) is 11.9. The van der Waals surface area contributed by atoms with Crippen LogP contribution in [0, 0.1) is 0 Å². The molecular weight excluding hydrogens is 252 g/mol. The first-order valence-corrected chi connectivity index (χ1v) is 6.54. The minimum Gasteiger partial charge on any atom is -0.321 e. The van der Waals surface area contributed by atoms with Crippen molar-refractivity contribution in [1.29, 1.82) is 0 Å². The smallest absolute Gasteiger partial charge is 0.321 e. The zero-order valence-electron chi connectivity index (χ0n) is 8.67. The van der Waals surface area contributed by atoms with E-state index in [1.54, 1.807) is 0 Å². The molecule has 0 radical (unpaired) electrons. The lowest BCUT2D eigenvalue weighted by molar-refractivity contribution is -0.108. The van der Waals surface area contributed by atoms with Crippen molar-refractivity contribution in [2.75, 3.05) is 25.2 Å². The van der Waals surface area contributed by atoms with E-state index in [0.29, 0.717) is 10.6 Å². The fourth-order valence-electron chi connectivity index (χ4n) is 0.758. The lowest BCUT2D eigenvalue weighted by Crippen LogP contribution is -2.32. The van der Waals surface area contributed by atoms with Crippen LogP contribution in [0.5, 0.6) is 0 Å². The molecule has 0 saturated carbocycles. The van der Waals surface area contributed by atoms with Crippen molar-refractivity contribution in [3.05, 3.63) is 0 Å². The Bertz CT molecular complexity index is 420. The molecule has 1 rings (SSSR count). The highest BCUT2D eigenvalue weighted by Crippen LogP contribution is 2.17. The van der Waals surface area contributed by atoms with Crippen LogP contribution in [0.4, 0.5) is 9.93 Å². The van der Waals surface area contributed by atoms with Gasteiger partial charge in [-0.25, -0.2) is 4.79 Å². The van der Waals surface area contributed by atoms with Gasteiger partial charge >= 0.3 is 6.03 Å². The first kappa shape index (κ1) is 12.7. The molecule has 0 saturated heterocycles. The average molecular weight is 262 g/mol. The Hall–Kier alpha value is -1.35. The summed E-state index contributed by atoms with van der Waals surface area (Å²) >= 11 is 1.04. The Morgan fingerprint density at radius 2 is 2.31 bits per heavy atom. The highest BCUT2D eigenvalue weighted by atomic mass is 32.2. The van der Waals surface area contributed by atoms with Crippen LogP contribution in [-0.2, 0) is 15.6 Å². The van der Waals surface area contributed by atoms with Crippen molar-refractivity contribution < 1.29 is 13.8 Å². The number of aldehydes is 1. The van der Waals surface area contributed by atoms with Crippen LogP contribution < -0.4 is 5.32 Å². The fourth-order valence-corrected chi connectivity index (χ4v) is 2.09. The molecule has 7 nitrogen and oxygen atoms in total. The monoisotopic (exact) mass is 262 g/mol. The second-order valence-corrected chi connectivity index (χ2v) is 5.34. The van der Waals surface area contributed by atoms with Crippen LogP contribution in [-0.4, -0.2) is 51.5 Å². The number of hydrogen-bond donors (Lipinski definition) is 1. The summed E-state index contributed by atoms with van der Waals surface area (Å²) in [6, 6.07) is -0.461. The molecule has 9 heteroatoms. The van der Waals surface area contributed by atoms with Crippen molar-refractivity contribution in [2.24, 2.45) is 0 Å². The predicted molar refractivity (Wildman–Crippen MR) is 60.0 cm³/mol. The zero-order chi connectivity index (χ0) is 12.1. The summed E-state index contributed by atoms with van der Waals surface area (Å²) in [6.45, 7) is -0.00278. The van der Waals surface area contributed by atoms with Crippen molar-refractivity contribution in [2.45, 2.75) is 4.34 Å². The number of urea groups is 1. The third kappa shape index (κ3) is 3.35. The number of anilines is 1. The van der Waals surface area contributed by atoms with Crippen molar-refractivity contribution in [1.82, 2.24) is 15.1 Å². The summed E-state index contributed by atoms with van der Waals surface area (Å²) in [5.74, 6) is 0. The molecule has 16 heavy (non-hydrogen) atoms. The molecule has 0 aliphatic rings. The summed E-state index contributed by atoms with van der Waals surface area (Å²) in [5.41, 5.74) is 0. The maximum absolute atomic E-state index is 11.4. The van der Waals surface area contributed by atoms with Gasteiger partial charge < -0.3 is 9.69 Å². The summed E-state index contributed by atoms with van der Waals surface area (Å²) in [4.78, 5) is 22.8. The Labute approximate surface area is 98.3 Å². The Morgan fingerprint density at radius 3 is 2.81 bits per heavy atom. The Kier molecular flexibility index (Phi) is 4.50. The van der Waals surface area contributed by atoms with Gasteiger partial charge in [0.05, 0.1) is 17.3 Å². The van der Waals surface area contributed by atoms with Gasteiger partial charge in [0.15, 0.2) is 0 Å². The van der Waals surface area contributed by atoms with Crippen molar-refractivity contribution in [3.63, 3.8) is 0 Å². The summed E-state index contributed by atoms with van der Waals surface area (Å²) in [6.07, 6.45) is 2.09. The van der Waals surface area contributed by atoms with Gasteiger partial charge in [-0.2, -0.15) is 0 Å². The quantitative estimate of drug-likeness (QED) is 0.606. The van der Waals surface area contributed by atoms with Gasteiger partial charge in [-0.05, 0) is 0 Å². The van der Waals surface area contributed by atoms with E-state index in [-0.39, 0.29) is 11.7 Å². The maximum atomic E-state index is 11.4. The number of nitrogens with zero attached hydrogens (tertiary/aromatic N) is 3.